The first kappa shape index (κ1) is 25.3. The molecule has 3 N–H and O–H groups in total. The summed E-state index contributed by atoms with van der Waals surface area (Å²) in [7, 11) is 0. The van der Waals surface area contributed by atoms with Crippen molar-refractivity contribution in [3.63, 3.8) is 0 Å². The van der Waals surface area contributed by atoms with Crippen molar-refractivity contribution < 1.29 is 18.7 Å². The maximum Gasteiger partial charge on any atom is 0.408 e. The number of aromatic amines is 1. The molecule has 1 aromatic rings. The predicted octanol–water partition coefficient (Wildman–Crippen LogP) is 5.46. The van der Waals surface area contributed by atoms with Gasteiger partial charge in [-0.1, -0.05) is 43.4 Å². The van der Waals surface area contributed by atoms with Gasteiger partial charge in [0.1, 0.15) is 18.0 Å². The number of aromatic nitrogens is 1. The molecule has 2 amide bonds. The van der Waals surface area contributed by atoms with Gasteiger partial charge in [-0.2, -0.15) is 0 Å². The number of carbonyl (C=O) groups excluding carboxylic acids is 2. The van der Waals surface area contributed by atoms with Crippen LogP contribution in [0.5, 0.6) is 0 Å². The number of hydrogen-bond acceptors (Lipinski definition) is 3. The van der Waals surface area contributed by atoms with Gasteiger partial charge in [-0.3, -0.25) is 4.79 Å². The molecule has 4 atom stereocenters. The van der Waals surface area contributed by atoms with Crippen molar-refractivity contribution in [2.24, 2.45) is 17.8 Å². The van der Waals surface area contributed by atoms with Crippen LogP contribution in [0.4, 0.5) is 9.18 Å². The molecule has 196 valence electrons. The molecule has 4 aliphatic carbocycles. The minimum Gasteiger partial charge on any atom is -0.449 e. The van der Waals surface area contributed by atoms with Crippen LogP contribution in [0, 0.1) is 17.8 Å². The SMILES string of the molecule is CC1C=C(F)C=CC1COC(=O)N[C@](C)(Cc1c[nH]c2c1CCC=C2)C(=O)NC1(C2C=CC=CC2)CC1. The fraction of sp³-hybridized carbons (Fsp3) is 0.467. The molecule has 5 rings (SSSR count). The summed E-state index contributed by atoms with van der Waals surface area (Å²) >= 11 is 0. The molecule has 1 fully saturated rings. The number of hydrogen-bond donors (Lipinski definition) is 3. The largest absolute Gasteiger partial charge is 0.449 e. The van der Waals surface area contributed by atoms with Crippen molar-refractivity contribution in [1.29, 1.82) is 0 Å². The van der Waals surface area contributed by atoms with Gasteiger partial charge in [0, 0.05) is 35.7 Å². The van der Waals surface area contributed by atoms with E-state index in [9.17, 15) is 14.0 Å². The van der Waals surface area contributed by atoms with Crippen molar-refractivity contribution in [2.75, 3.05) is 6.61 Å². The second kappa shape index (κ2) is 10.2. The van der Waals surface area contributed by atoms with Crippen LogP contribution in [0.2, 0.25) is 0 Å². The number of allylic oxidation sites excluding steroid dienone is 7. The van der Waals surface area contributed by atoms with Gasteiger partial charge >= 0.3 is 6.09 Å². The van der Waals surface area contributed by atoms with Crippen molar-refractivity contribution in [2.45, 2.75) is 63.5 Å². The van der Waals surface area contributed by atoms with E-state index in [0.717, 1.165) is 43.4 Å². The number of fused-ring (bicyclic) bond motifs is 1. The maximum atomic E-state index is 13.9. The number of amides is 2. The molecule has 0 aliphatic heterocycles. The summed E-state index contributed by atoms with van der Waals surface area (Å²) in [6.45, 7) is 3.77. The molecule has 6 nitrogen and oxygen atoms in total. The van der Waals surface area contributed by atoms with Crippen LogP contribution >= 0.6 is 0 Å². The maximum absolute atomic E-state index is 13.9. The summed E-state index contributed by atoms with van der Waals surface area (Å²) in [5.41, 5.74) is 1.78. The number of nitrogens with one attached hydrogen (secondary N) is 3. The summed E-state index contributed by atoms with van der Waals surface area (Å²) in [5.74, 6) is -0.439. The lowest BCUT2D eigenvalue weighted by Gasteiger charge is -2.34. The Morgan fingerprint density at radius 3 is 2.78 bits per heavy atom. The van der Waals surface area contributed by atoms with E-state index in [4.69, 9.17) is 4.74 Å². The average molecular weight is 506 g/mol. The third-order valence-corrected chi connectivity index (χ3v) is 8.23. The Labute approximate surface area is 217 Å². The molecule has 7 heteroatoms. The lowest BCUT2D eigenvalue weighted by Crippen LogP contribution is -2.61. The zero-order valence-electron chi connectivity index (χ0n) is 21.6. The van der Waals surface area contributed by atoms with Crippen LogP contribution in [-0.2, 0) is 22.4 Å². The molecular weight excluding hydrogens is 469 g/mol. The minimum absolute atomic E-state index is 0.0840. The molecule has 3 unspecified atom stereocenters. The predicted molar refractivity (Wildman–Crippen MR) is 142 cm³/mol. The average Bonchev–Trinajstić information content (AvgIpc) is 3.57. The van der Waals surface area contributed by atoms with E-state index in [1.807, 2.05) is 25.3 Å². The lowest BCUT2D eigenvalue weighted by molar-refractivity contribution is -0.128. The van der Waals surface area contributed by atoms with Crippen LogP contribution in [0.3, 0.4) is 0 Å². The number of rotatable bonds is 8. The van der Waals surface area contributed by atoms with Gasteiger partial charge in [0.05, 0.1) is 0 Å². The standard InChI is InChI=1S/C30H36FN3O3/c1-20-16-24(31)13-12-21(20)19-37-28(36)34-29(2,17-22-18-32-26-11-7-6-10-25(22)26)27(35)33-30(14-15-30)23-8-4-3-5-9-23/h3-5,7-8,11-13,16,18,20-21,23,32H,6,9-10,14-15,17,19H2,1-2H3,(H,33,35)(H,34,36)/t20?,21?,23?,29-/m1/s1. The fourth-order valence-corrected chi connectivity index (χ4v) is 5.64. The molecular formula is C30H36FN3O3. The topological polar surface area (TPSA) is 83.2 Å². The minimum atomic E-state index is -1.21. The molecule has 0 radical (unpaired) electrons. The molecule has 0 bridgehead atoms. The highest BCUT2D eigenvalue weighted by molar-refractivity contribution is 5.91. The van der Waals surface area contributed by atoms with E-state index in [1.54, 1.807) is 13.0 Å². The summed E-state index contributed by atoms with van der Waals surface area (Å²) in [6.07, 6.45) is 23.4. The van der Waals surface area contributed by atoms with E-state index in [2.05, 4.69) is 39.9 Å². The van der Waals surface area contributed by atoms with E-state index in [0.29, 0.717) is 6.42 Å². The highest BCUT2D eigenvalue weighted by atomic mass is 19.1. The quantitative estimate of drug-likeness (QED) is 0.439. The van der Waals surface area contributed by atoms with Crippen molar-refractivity contribution in [3.8, 4) is 0 Å². The normalized spacial score (nSPS) is 26.6. The lowest BCUT2D eigenvalue weighted by atomic mass is 9.86. The van der Waals surface area contributed by atoms with Crippen LogP contribution in [-0.4, -0.2) is 34.7 Å². The van der Waals surface area contributed by atoms with E-state index in [1.165, 1.54) is 17.7 Å². The number of H-pyrrole nitrogens is 1. The van der Waals surface area contributed by atoms with Gasteiger partial charge in [-0.05, 0) is 74.3 Å². The first-order valence-corrected chi connectivity index (χ1v) is 13.3. The van der Waals surface area contributed by atoms with Gasteiger partial charge < -0.3 is 20.4 Å². The summed E-state index contributed by atoms with van der Waals surface area (Å²) < 4.78 is 19.0. The van der Waals surface area contributed by atoms with E-state index < -0.39 is 11.6 Å². The van der Waals surface area contributed by atoms with E-state index in [-0.39, 0.29) is 41.6 Å². The number of carbonyl (C=O) groups is 2. The van der Waals surface area contributed by atoms with Gasteiger partial charge in [-0.25, -0.2) is 9.18 Å². The highest BCUT2D eigenvalue weighted by Crippen LogP contribution is 2.46. The van der Waals surface area contributed by atoms with Gasteiger partial charge in [-0.15, -0.1) is 0 Å². The summed E-state index contributed by atoms with van der Waals surface area (Å²) in [4.78, 5) is 30.2. The first-order chi connectivity index (χ1) is 17.8. The third kappa shape index (κ3) is 5.50. The van der Waals surface area contributed by atoms with Crippen LogP contribution < -0.4 is 10.6 Å². The monoisotopic (exact) mass is 505 g/mol. The zero-order valence-corrected chi connectivity index (χ0v) is 21.6. The van der Waals surface area contributed by atoms with E-state index >= 15 is 0 Å². The van der Waals surface area contributed by atoms with Gasteiger partial charge in [0.15, 0.2) is 0 Å². The Bertz CT molecular complexity index is 1200. The second-order valence-electron chi connectivity index (χ2n) is 11.1. The van der Waals surface area contributed by atoms with Crippen molar-refractivity contribution >= 4 is 18.1 Å². The first-order valence-electron chi connectivity index (χ1n) is 13.3. The van der Waals surface area contributed by atoms with Crippen molar-refractivity contribution in [3.05, 3.63) is 77.5 Å². The molecule has 0 spiro atoms. The van der Waals surface area contributed by atoms with Crippen molar-refractivity contribution in [1.82, 2.24) is 15.6 Å². The van der Waals surface area contributed by atoms with Gasteiger partial charge in [0.25, 0.3) is 0 Å². The Balaban J connectivity index is 1.31. The Kier molecular flexibility index (Phi) is 6.97. The second-order valence-corrected chi connectivity index (χ2v) is 11.1. The molecule has 1 heterocycles. The molecule has 4 aliphatic rings. The van der Waals surface area contributed by atoms with Crippen LogP contribution in [0.1, 0.15) is 56.4 Å². The van der Waals surface area contributed by atoms with Crippen LogP contribution in [0.25, 0.3) is 6.08 Å². The Hall–Kier alpha value is -3.35. The molecule has 0 saturated heterocycles. The van der Waals surface area contributed by atoms with Crippen LogP contribution in [0.15, 0.2) is 60.6 Å². The summed E-state index contributed by atoms with van der Waals surface area (Å²) in [6, 6.07) is 0. The van der Waals surface area contributed by atoms with Gasteiger partial charge in [0.2, 0.25) is 5.91 Å². The number of ether oxygens (including phenoxy) is 1. The number of halogens is 1. The molecule has 37 heavy (non-hydrogen) atoms. The highest BCUT2D eigenvalue weighted by Gasteiger charge is 2.52. The number of alkyl carbamates (subject to hydrolysis) is 1. The molecule has 1 aromatic heterocycles. The third-order valence-electron chi connectivity index (χ3n) is 8.23. The fourth-order valence-electron chi connectivity index (χ4n) is 5.64. The zero-order chi connectivity index (χ0) is 26.0. The molecule has 0 aromatic carbocycles. The summed E-state index contributed by atoms with van der Waals surface area (Å²) in [5, 5.41) is 6.22. The smallest absolute Gasteiger partial charge is 0.408 e. The Morgan fingerprint density at radius 1 is 1.22 bits per heavy atom. The Morgan fingerprint density at radius 2 is 2.05 bits per heavy atom. The molecule has 1 saturated carbocycles.